The number of aromatic nitrogens is 1. The second-order valence-electron chi connectivity index (χ2n) is 7.44. The summed E-state index contributed by atoms with van der Waals surface area (Å²) in [6.07, 6.45) is 3.32. The molecule has 1 aromatic rings. The summed E-state index contributed by atoms with van der Waals surface area (Å²) < 4.78 is 0. The zero-order valence-electron chi connectivity index (χ0n) is 13.3. The first kappa shape index (κ1) is 15.0. The third-order valence-corrected chi connectivity index (χ3v) is 4.65. The molecule has 1 unspecified atom stereocenters. The van der Waals surface area contributed by atoms with E-state index < -0.39 is 5.56 Å². The van der Waals surface area contributed by atoms with Gasteiger partial charge in [0.05, 0.1) is 0 Å². The van der Waals surface area contributed by atoms with E-state index >= 15 is 0 Å². The zero-order valence-corrected chi connectivity index (χ0v) is 13.3. The van der Waals surface area contributed by atoms with Crippen LogP contribution in [0.1, 0.15) is 66.4 Å². The van der Waals surface area contributed by atoms with Crippen molar-refractivity contribution in [1.82, 2.24) is 10.3 Å². The maximum Gasteiger partial charge on any atom is 0.261 e. The summed E-state index contributed by atoms with van der Waals surface area (Å²) in [5.74, 6) is 0.121. The number of amides is 1. The van der Waals surface area contributed by atoms with Gasteiger partial charge >= 0.3 is 0 Å². The third-order valence-electron chi connectivity index (χ3n) is 4.65. The van der Waals surface area contributed by atoms with E-state index in [2.05, 4.69) is 10.3 Å². The summed E-state index contributed by atoms with van der Waals surface area (Å²) in [5.41, 5.74) is 0.613. The Labute approximate surface area is 129 Å². The highest BCUT2D eigenvalue weighted by Crippen LogP contribution is 2.34. The van der Waals surface area contributed by atoms with E-state index in [1.54, 1.807) is 0 Å². The molecule has 1 aromatic heterocycles. The monoisotopic (exact) mass is 302 g/mol. The van der Waals surface area contributed by atoms with Crippen molar-refractivity contribution in [3.05, 3.63) is 33.2 Å². The minimum Gasteiger partial charge on any atom is -0.349 e. The molecule has 1 amide bonds. The predicted octanol–water partition coefficient (Wildman–Crippen LogP) is 2.06. The average Bonchev–Trinajstić information content (AvgIpc) is 3.20. The van der Waals surface area contributed by atoms with Crippen LogP contribution in [0.2, 0.25) is 0 Å². The lowest BCUT2D eigenvalue weighted by molar-refractivity contribution is 0.0910. The Balaban J connectivity index is 1.90. The summed E-state index contributed by atoms with van der Waals surface area (Å²) in [6, 6.07) is 1.54. The van der Waals surface area contributed by atoms with Gasteiger partial charge < -0.3 is 10.3 Å². The van der Waals surface area contributed by atoms with Crippen molar-refractivity contribution in [2.24, 2.45) is 11.3 Å². The largest absolute Gasteiger partial charge is 0.349 e. The van der Waals surface area contributed by atoms with Gasteiger partial charge in [0.15, 0.2) is 5.78 Å². The molecule has 22 heavy (non-hydrogen) atoms. The van der Waals surface area contributed by atoms with Crippen LogP contribution in [0.25, 0.3) is 0 Å². The lowest BCUT2D eigenvalue weighted by atomic mass is 9.75. The highest BCUT2D eigenvalue weighted by molar-refractivity contribution is 6.02. The van der Waals surface area contributed by atoms with Crippen LogP contribution in [0.4, 0.5) is 0 Å². The number of aromatic amines is 1. The maximum absolute atomic E-state index is 12.3. The van der Waals surface area contributed by atoms with Gasteiger partial charge in [0.2, 0.25) is 0 Å². The molecule has 0 saturated heterocycles. The Morgan fingerprint density at radius 3 is 2.64 bits per heavy atom. The summed E-state index contributed by atoms with van der Waals surface area (Å²) in [4.78, 5) is 39.5. The number of pyridine rings is 1. The van der Waals surface area contributed by atoms with Crippen molar-refractivity contribution in [3.8, 4) is 0 Å². The van der Waals surface area contributed by atoms with Crippen LogP contribution in [0, 0.1) is 11.3 Å². The number of H-pyrrole nitrogens is 1. The first-order valence-electron chi connectivity index (χ1n) is 7.87. The van der Waals surface area contributed by atoms with E-state index in [9.17, 15) is 14.4 Å². The Kier molecular flexibility index (Phi) is 3.46. The average molecular weight is 302 g/mol. The molecule has 5 nitrogen and oxygen atoms in total. The standard InChI is InChI=1S/C17H22N2O3/c1-9(10-4-5-10)18-15(21)12-6-11-13(19-16(12)22)7-17(2,3)8-14(11)20/h6,9-10H,4-5,7-8H2,1-3H3,(H,18,21)(H,19,22). The van der Waals surface area contributed by atoms with Crippen LogP contribution < -0.4 is 10.9 Å². The summed E-state index contributed by atoms with van der Waals surface area (Å²) >= 11 is 0. The SMILES string of the molecule is CC(NC(=O)c1cc2c([nH]c1=O)CC(C)(C)CC2=O)C1CC1. The molecule has 2 aliphatic rings. The fourth-order valence-electron chi connectivity index (χ4n) is 3.20. The van der Waals surface area contributed by atoms with Crippen LogP contribution in [0.3, 0.4) is 0 Å². The van der Waals surface area contributed by atoms with Gasteiger partial charge in [-0.1, -0.05) is 13.8 Å². The molecule has 0 bridgehead atoms. The molecule has 1 atom stereocenters. The van der Waals surface area contributed by atoms with Crippen LogP contribution in [0.5, 0.6) is 0 Å². The number of ketones is 1. The van der Waals surface area contributed by atoms with Crippen LogP contribution in [0.15, 0.2) is 10.9 Å². The first-order chi connectivity index (χ1) is 10.3. The number of carbonyl (C=O) groups excluding carboxylic acids is 2. The molecule has 0 aliphatic heterocycles. The van der Waals surface area contributed by atoms with Gasteiger partial charge in [-0.05, 0) is 43.6 Å². The van der Waals surface area contributed by atoms with E-state index in [1.807, 2.05) is 20.8 Å². The number of hydrogen-bond donors (Lipinski definition) is 2. The van der Waals surface area contributed by atoms with Crippen molar-refractivity contribution in [2.75, 3.05) is 0 Å². The fourth-order valence-corrected chi connectivity index (χ4v) is 3.20. The third kappa shape index (κ3) is 2.85. The molecule has 1 heterocycles. The van der Waals surface area contributed by atoms with Gasteiger partial charge in [-0.2, -0.15) is 0 Å². The van der Waals surface area contributed by atoms with Gasteiger partial charge in [-0.25, -0.2) is 0 Å². The van der Waals surface area contributed by atoms with Crippen molar-refractivity contribution in [2.45, 2.75) is 52.5 Å². The van der Waals surface area contributed by atoms with E-state index in [1.165, 1.54) is 6.07 Å². The lowest BCUT2D eigenvalue weighted by Crippen LogP contribution is -2.38. The lowest BCUT2D eigenvalue weighted by Gasteiger charge is -2.29. The molecule has 2 aliphatic carbocycles. The Hall–Kier alpha value is -1.91. The summed E-state index contributed by atoms with van der Waals surface area (Å²) in [6.45, 7) is 5.96. The van der Waals surface area contributed by atoms with E-state index in [4.69, 9.17) is 0 Å². The summed E-state index contributed by atoms with van der Waals surface area (Å²) in [7, 11) is 0. The molecule has 0 spiro atoms. The summed E-state index contributed by atoms with van der Waals surface area (Å²) in [5, 5.41) is 2.87. The number of hydrogen-bond acceptors (Lipinski definition) is 3. The topological polar surface area (TPSA) is 79.0 Å². The number of fused-ring (bicyclic) bond motifs is 1. The minimum absolute atomic E-state index is 0.00760. The molecule has 1 fully saturated rings. The number of carbonyl (C=O) groups is 2. The molecule has 0 radical (unpaired) electrons. The quantitative estimate of drug-likeness (QED) is 0.897. The molecule has 0 aromatic carbocycles. The highest BCUT2D eigenvalue weighted by Gasteiger charge is 2.33. The van der Waals surface area contributed by atoms with Gasteiger partial charge in [0.1, 0.15) is 5.56 Å². The van der Waals surface area contributed by atoms with Gasteiger partial charge in [-0.3, -0.25) is 14.4 Å². The van der Waals surface area contributed by atoms with Crippen molar-refractivity contribution in [1.29, 1.82) is 0 Å². The smallest absolute Gasteiger partial charge is 0.261 e. The Morgan fingerprint density at radius 2 is 2.00 bits per heavy atom. The highest BCUT2D eigenvalue weighted by atomic mass is 16.2. The Bertz CT molecular complexity index is 698. The normalized spacial score (nSPS) is 21.1. The maximum atomic E-state index is 12.3. The van der Waals surface area contributed by atoms with Gasteiger partial charge in [0.25, 0.3) is 11.5 Å². The molecule has 3 rings (SSSR count). The van der Waals surface area contributed by atoms with Crippen molar-refractivity contribution in [3.63, 3.8) is 0 Å². The molecule has 5 heteroatoms. The molecule has 2 N–H and O–H groups in total. The van der Waals surface area contributed by atoms with Crippen LogP contribution >= 0.6 is 0 Å². The number of rotatable bonds is 3. The molecular formula is C17H22N2O3. The Morgan fingerprint density at radius 1 is 1.32 bits per heavy atom. The second kappa shape index (κ2) is 5.07. The van der Waals surface area contributed by atoms with Crippen LogP contribution in [-0.2, 0) is 6.42 Å². The van der Waals surface area contributed by atoms with Gasteiger partial charge in [0, 0.05) is 23.7 Å². The van der Waals surface area contributed by atoms with E-state index in [0.717, 1.165) is 12.8 Å². The van der Waals surface area contributed by atoms with Crippen molar-refractivity contribution < 1.29 is 9.59 Å². The fraction of sp³-hybridized carbons (Fsp3) is 0.588. The van der Waals surface area contributed by atoms with Gasteiger partial charge in [-0.15, -0.1) is 0 Å². The van der Waals surface area contributed by atoms with Crippen LogP contribution in [-0.4, -0.2) is 22.7 Å². The van der Waals surface area contributed by atoms with E-state index in [-0.39, 0.29) is 28.7 Å². The van der Waals surface area contributed by atoms with Crippen molar-refractivity contribution >= 4 is 11.7 Å². The predicted molar refractivity (Wildman–Crippen MR) is 83.1 cm³/mol. The molecule has 118 valence electrons. The minimum atomic E-state index is -0.412. The second-order valence-corrected chi connectivity index (χ2v) is 7.44. The number of nitrogens with one attached hydrogen (secondary N) is 2. The molecule has 1 saturated carbocycles. The molecular weight excluding hydrogens is 280 g/mol. The number of Topliss-reactive ketones (excluding diaryl/α,β-unsaturated/α-hetero) is 1. The zero-order chi connectivity index (χ0) is 16.1. The first-order valence-corrected chi connectivity index (χ1v) is 7.87. The van der Waals surface area contributed by atoms with E-state index in [0.29, 0.717) is 30.0 Å².